The van der Waals surface area contributed by atoms with E-state index in [9.17, 15) is 59.7 Å². The van der Waals surface area contributed by atoms with E-state index in [0.717, 1.165) is 0 Å². The summed E-state index contributed by atoms with van der Waals surface area (Å²) in [6.07, 6.45) is -22.3. The van der Waals surface area contributed by atoms with Gasteiger partial charge in [-0.15, -0.1) is 0 Å². The molecule has 4 fully saturated rings. The van der Waals surface area contributed by atoms with Gasteiger partial charge >= 0.3 is 24.8 Å². The van der Waals surface area contributed by atoms with Crippen LogP contribution in [-0.2, 0) is 64.5 Å². The standard InChI is InChI=1S/C29H56NO23P3/c1-10-18(35)22(39)14(5-31)44-27(10)51-54(40)49-24-16(7-33)46-29(12(3)20(24)37)53-56(42)50-25-17(8-34)47-28(13(4)21(25)38)52-55(41)48-23-15(6-32)45-26(43-9-30)11(2)19(23)36/h10-29,31-39,54-56H,5-9,30H2,1-4H3/t10?,11?,12?,13?,14?,15?,16?,17?,18-,19-,20-,21-,22-,23-,24-,25-,26-,27-,28-,29-/m1/s1. The minimum atomic E-state index is -3.67. The number of nitrogens with two attached hydrogens (primary N) is 1. The first-order chi connectivity index (χ1) is 26.5. The van der Waals surface area contributed by atoms with Gasteiger partial charge in [0, 0.05) is 23.7 Å². The van der Waals surface area contributed by atoms with Crippen LogP contribution in [0.5, 0.6) is 0 Å². The molecule has 11 unspecified atom stereocenters. The third-order valence-corrected chi connectivity index (χ3v) is 12.9. The summed E-state index contributed by atoms with van der Waals surface area (Å²) in [6.45, 7) is 2.60. The monoisotopic (exact) mass is 879 g/mol. The SMILES string of the molecule is CC1[C@@H](O[PH](=O)O[C@@H]2C(CO)O[C@H](O[PH](=O)O[C@@H]3C(CO)O[C@H](O[PH](=O)O[C@@H]4C(CO)O[C@@H](OCN)C(C)[C@H]4O)C(C)[C@H]3O)C(C)[C@H]2O)OC(CO)[C@@H](O)[C@@H]1O. The fraction of sp³-hybridized carbons (Fsp3) is 1.00. The first-order valence-corrected chi connectivity index (χ1v) is 21.6. The molecule has 0 aromatic carbocycles. The lowest BCUT2D eigenvalue weighted by Crippen LogP contribution is -2.57. The first-order valence-electron chi connectivity index (χ1n) is 17.9. The Kier molecular flexibility index (Phi) is 19.1. The van der Waals surface area contributed by atoms with E-state index in [-0.39, 0.29) is 6.73 Å². The summed E-state index contributed by atoms with van der Waals surface area (Å²) < 4.78 is 98.9. The summed E-state index contributed by atoms with van der Waals surface area (Å²) in [7, 11) is -10.8. The van der Waals surface area contributed by atoms with Crippen LogP contribution in [0, 0.1) is 23.7 Å². The Labute approximate surface area is 323 Å². The highest BCUT2D eigenvalue weighted by molar-refractivity contribution is 7.33. The van der Waals surface area contributed by atoms with Crippen molar-refractivity contribution in [1.82, 2.24) is 0 Å². The third kappa shape index (κ3) is 11.4. The van der Waals surface area contributed by atoms with Crippen molar-refractivity contribution in [3.63, 3.8) is 0 Å². The molecule has 0 radical (unpaired) electrons. The Morgan fingerprint density at radius 2 is 0.732 bits per heavy atom. The van der Waals surface area contributed by atoms with E-state index in [2.05, 4.69) is 0 Å². The van der Waals surface area contributed by atoms with Crippen molar-refractivity contribution in [2.24, 2.45) is 29.4 Å². The van der Waals surface area contributed by atoms with Gasteiger partial charge in [0.25, 0.3) is 0 Å². The summed E-state index contributed by atoms with van der Waals surface area (Å²) >= 11 is 0. The van der Waals surface area contributed by atoms with Gasteiger partial charge in [0.2, 0.25) is 0 Å². The van der Waals surface area contributed by atoms with E-state index < -0.39 is 173 Å². The van der Waals surface area contributed by atoms with Gasteiger partial charge in [-0.3, -0.25) is 27.3 Å². The second-order valence-corrected chi connectivity index (χ2v) is 16.9. The predicted octanol–water partition coefficient (Wildman–Crippen LogP) is -3.49. The van der Waals surface area contributed by atoms with Gasteiger partial charge in [0.05, 0.1) is 57.6 Å². The van der Waals surface area contributed by atoms with Gasteiger partial charge in [-0.1, -0.05) is 27.7 Å². The molecule has 0 saturated carbocycles. The quantitative estimate of drug-likeness (QED) is 0.0472. The van der Waals surface area contributed by atoms with Gasteiger partial charge in [0.15, 0.2) is 25.2 Å². The first kappa shape index (κ1) is 48.5. The minimum absolute atomic E-state index is 0.229. The molecule has 0 aromatic rings. The summed E-state index contributed by atoms with van der Waals surface area (Å²) in [4.78, 5) is 0. The van der Waals surface area contributed by atoms with E-state index >= 15 is 0 Å². The second kappa shape index (κ2) is 22.1. The van der Waals surface area contributed by atoms with E-state index in [0.29, 0.717) is 0 Å². The zero-order chi connectivity index (χ0) is 41.6. The highest BCUT2D eigenvalue weighted by atomic mass is 31.1. The lowest BCUT2D eigenvalue weighted by Gasteiger charge is -2.44. The molecule has 0 bridgehead atoms. The topological polar surface area (TPSA) is 361 Å². The lowest BCUT2D eigenvalue weighted by atomic mass is 9.92. The van der Waals surface area contributed by atoms with Crippen molar-refractivity contribution in [3.8, 4) is 0 Å². The number of aliphatic hydroxyl groups excluding tert-OH is 9. The Hall–Kier alpha value is -0.150. The maximum atomic E-state index is 13.1. The minimum Gasteiger partial charge on any atom is -0.394 e. The van der Waals surface area contributed by atoms with Crippen molar-refractivity contribution in [2.45, 2.75) is 126 Å². The molecule has 24 nitrogen and oxygen atoms in total. The van der Waals surface area contributed by atoms with Gasteiger partial charge in [-0.25, -0.2) is 0 Å². The van der Waals surface area contributed by atoms with Crippen LogP contribution in [0.1, 0.15) is 27.7 Å². The normalized spacial score (nSPS) is 46.6. The van der Waals surface area contributed by atoms with Crippen LogP contribution < -0.4 is 5.73 Å². The molecule has 4 aliphatic rings. The van der Waals surface area contributed by atoms with Crippen LogP contribution >= 0.6 is 24.8 Å². The summed E-state index contributed by atoms with van der Waals surface area (Å²) in [5.41, 5.74) is 5.39. The largest absolute Gasteiger partial charge is 0.394 e. The summed E-state index contributed by atoms with van der Waals surface area (Å²) in [5.74, 6) is -3.76. The smallest absolute Gasteiger partial charge is 0.321 e. The zero-order valence-electron chi connectivity index (χ0n) is 30.9. The van der Waals surface area contributed by atoms with Gasteiger partial charge < -0.3 is 88.9 Å². The Bertz CT molecular complexity index is 1290. The number of rotatable bonds is 18. The number of hydrogen-bond acceptors (Lipinski definition) is 24. The molecule has 330 valence electrons. The fourth-order valence-corrected chi connectivity index (χ4v) is 9.74. The summed E-state index contributed by atoms with van der Waals surface area (Å²) in [5, 5.41) is 92.4. The van der Waals surface area contributed by atoms with Crippen LogP contribution in [0.2, 0.25) is 0 Å². The van der Waals surface area contributed by atoms with Crippen LogP contribution in [0.3, 0.4) is 0 Å². The summed E-state index contributed by atoms with van der Waals surface area (Å²) in [6, 6.07) is 0. The molecule has 56 heavy (non-hydrogen) atoms. The highest BCUT2D eigenvalue weighted by Gasteiger charge is 2.50. The number of hydrogen-bond donors (Lipinski definition) is 10. The lowest BCUT2D eigenvalue weighted by molar-refractivity contribution is -0.281. The Balaban J connectivity index is 1.31. The molecular formula is C29H56NO23P3. The molecule has 0 aliphatic carbocycles. The van der Waals surface area contributed by atoms with E-state index in [4.69, 9.17) is 56.6 Å². The number of ether oxygens (including phenoxy) is 5. The van der Waals surface area contributed by atoms with Crippen molar-refractivity contribution < 1.29 is 110 Å². The molecule has 4 saturated heterocycles. The van der Waals surface area contributed by atoms with Gasteiger partial charge in [-0.2, -0.15) is 0 Å². The Morgan fingerprint density at radius 1 is 0.446 bits per heavy atom. The molecule has 0 spiro atoms. The third-order valence-electron chi connectivity index (χ3n) is 10.3. The van der Waals surface area contributed by atoms with E-state index in [1.807, 2.05) is 0 Å². The van der Waals surface area contributed by atoms with Crippen LogP contribution in [0.15, 0.2) is 0 Å². The van der Waals surface area contributed by atoms with Crippen molar-refractivity contribution >= 4 is 24.8 Å². The average molecular weight is 880 g/mol. The molecular weight excluding hydrogens is 823 g/mol. The fourth-order valence-electron chi connectivity index (χ4n) is 6.65. The maximum Gasteiger partial charge on any atom is 0.321 e. The van der Waals surface area contributed by atoms with Crippen molar-refractivity contribution in [2.75, 3.05) is 33.2 Å². The predicted molar refractivity (Wildman–Crippen MR) is 185 cm³/mol. The van der Waals surface area contributed by atoms with Gasteiger partial charge in [-0.05, 0) is 0 Å². The second-order valence-electron chi connectivity index (χ2n) is 14.0. The van der Waals surface area contributed by atoms with E-state index in [1.54, 1.807) is 6.92 Å². The Morgan fingerprint density at radius 3 is 1.05 bits per heavy atom. The van der Waals surface area contributed by atoms with Crippen molar-refractivity contribution in [3.05, 3.63) is 0 Å². The molecule has 23 atom stereocenters. The molecule has 0 aromatic heterocycles. The van der Waals surface area contributed by atoms with Gasteiger partial charge in [0.1, 0.15) is 48.8 Å². The molecule has 11 N–H and O–H groups in total. The van der Waals surface area contributed by atoms with E-state index in [1.165, 1.54) is 20.8 Å². The molecule has 4 heterocycles. The van der Waals surface area contributed by atoms with Crippen molar-refractivity contribution in [1.29, 1.82) is 0 Å². The molecule has 4 rings (SSSR count). The van der Waals surface area contributed by atoms with Crippen LogP contribution in [0.4, 0.5) is 0 Å². The maximum absolute atomic E-state index is 13.1. The van der Waals surface area contributed by atoms with Crippen LogP contribution in [0.25, 0.3) is 0 Å². The molecule has 27 heteroatoms. The zero-order valence-corrected chi connectivity index (χ0v) is 33.9. The molecule has 4 aliphatic heterocycles. The molecule has 0 amide bonds. The highest BCUT2D eigenvalue weighted by Crippen LogP contribution is 2.45. The van der Waals surface area contributed by atoms with Crippen LogP contribution in [-0.4, -0.2) is 178 Å². The average Bonchev–Trinajstić information content (AvgIpc) is 3.17. The number of aliphatic hydroxyl groups is 9.